The minimum absolute atomic E-state index is 0.0889. The number of para-hydroxylation sites is 1. The molecule has 0 bridgehead atoms. The Morgan fingerprint density at radius 2 is 1.60 bits per heavy atom. The van der Waals surface area contributed by atoms with E-state index >= 15 is 0 Å². The van der Waals surface area contributed by atoms with E-state index in [1.165, 1.54) is 0 Å². The molecule has 2 aromatic carbocycles. The summed E-state index contributed by atoms with van der Waals surface area (Å²) in [5, 5.41) is 5.08. The molecule has 1 aliphatic rings. The van der Waals surface area contributed by atoms with Crippen molar-refractivity contribution in [3.63, 3.8) is 0 Å². The van der Waals surface area contributed by atoms with Gasteiger partial charge >= 0.3 is 0 Å². The van der Waals surface area contributed by atoms with E-state index in [-0.39, 0.29) is 24.9 Å². The first kappa shape index (κ1) is 16.7. The maximum absolute atomic E-state index is 12.3. The van der Waals surface area contributed by atoms with Crippen LogP contribution in [-0.4, -0.2) is 37.4 Å². The molecule has 2 aromatic rings. The van der Waals surface area contributed by atoms with Gasteiger partial charge in [0.05, 0.1) is 13.1 Å². The quantitative estimate of drug-likeness (QED) is 0.858. The van der Waals surface area contributed by atoms with Gasteiger partial charge in [0.2, 0.25) is 11.8 Å². The highest BCUT2D eigenvalue weighted by molar-refractivity contribution is 5.99. The highest BCUT2D eigenvalue weighted by Gasteiger charge is 2.24. The Bertz CT molecular complexity index is 790. The summed E-state index contributed by atoms with van der Waals surface area (Å²) in [6.07, 6.45) is 0.822. The van der Waals surface area contributed by atoms with Crippen LogP contribution in [0.25, 0.3) is 0 Å². The van der Waals surface area contributed by atoms with Crippen molar-refractivity contribution in [2.75, 3.05) is 24.5 Å². The van der Waals surface area contributed by atoms with E-state index in [0.717, 1.165) is 17.7 Å². The Hall–Kier alpha value is -3.15. The molecule has 3 amide bonds. The zero-order valence-corrected chi connectivity index (χ0v) is 13.7. The number of hydrogen-bond acceptors (Lipinski definition) is 3. The fourth-order valence-corrected chi connectivity index (χ4v) is 2.78. The average Bonchev–Trinajstić information content (AvgIpc) is 3.09. The van der Waals surface area contributed by atoms with Gasteiger partial charge < -0.3 is 15.5 Å². The van der Waals surface area contributed by atoms with E-state index in [9.17, 15) is 14.4 Å². The predicted molar refractivity (Wildman–Crippen MR) is 94.3 cm³/mol. The van der Waals surface area contributed by atoms with Crippen molar-refractivity contribution in [1.82, 2.24) is 10.6 Å². The van der Waals surface area contributed by atoms with Crippen molar-refractivity contribution in [3.8, 4) is 0 Å². The molecule has 0 radical (unpaired) electrons. The smallest absolute Gasteiger partial charge is 0.251 e. The maximum Gasteiger partial charge on any atom is 0.251 e. The summed E-state index contributed by atoms with van der Waals surface area (Å²) in [6, 6.07) is 16.4. The third-order valence-corrected chi connectivity index (χ3v) is 4.07. The summed E-state index contributed by atoms with van der Waals surface area (Å²) in [5.74, 6) is -0.881. The molecule has 0 fully saturated rings. The molecule has 6 heteroatoms. The summed E-state index contributed by atoms with van der Waals surface area (Å²) in [6.45, 7) is 0.366. The first-order valence-electron chi connectivity index (χ1n) is 8.13. The fraction of sp³-hybridized carbons (Fsp3) is 0.211. The molecule has 1 heterocycles. The van der Waals surface area contributed by atoms with E-state index in [0.29, 0.717) is 12.1 Å². The second-order valence-corrected chi connectivity index (χ2v) is 5.75. The number of nitrogens with zero attached hydrogens (tertiary/aromatic N) is 1. The largest absolute Gasteiger partial charge is 0.345 e. The Morgan fingerprint density at radius 3 is 2.40 bits per heavy atom. The molecule has 25 heavy (non-hydrogen) atoms. The molecular formula is C19H19N3O3. The van der Waals surface area contributed by atoms with Crippen LogP contribution in [0, 0.1) is 0 Å². The van der Waals surface area contributed by atoms with E-state index in [2.05, 4.69) is 10.6 Å². The monoisotopic (exact) mass is 337 g/mol. The van der Waals surface area contributed by atoms with Gasteiger partial charge in [-0.2, -0.15) is 0 Å². The van der Waals surface area contributed by atoms with Gasteiger partial charge in [-0.1, -0.05) is 36.4 Å². The summed E-state index contributed by atoms with van der Waals surface area (Å²) >= 11 is 0. The molecule has 0 saturated heterocycles. The van der Waals surface area contributed by atoms with E-state index in [4.69, 9.17) is 0 Å². The molecule has 0 aromatic heterocycles. The van der Waals surface area contributed by atoms with Gasteiger partial charge in [0, 0.05) is 17.8 Å². The lowest BCUT2D eigenvalue weighted by molar-refractivity contribution is -0.124. The first-order chi connectivity index (χ1) is 12.1. The van der Waals surface area contributed by atoms with Crippen molar-refractivity contribution in [2.45, 2.75) is 6.42 Å². The van der Waals surface area contributed by atoms with Crippen molar-refractivity contribution in [1.29, 1.82) is 0 Å². The topological polar surface area (TPSA) is 78.5 Å². The van der Waals surface area contributed by atoms with Gasteiger partial charge in [-0.25, -0.2) is 0 Å². The molecule has 0 aliphatic carbocycles. The Morgan fingerprint density at radius 1 is 0.880 bits per heavy atom. The van der Waals surface area contributed by atoms with Crippen LogP contribution >= 0.6 is 0 Å². The molecule has 0 saturated carbocycles. The highest BCUT2D eigenvalue weighted by Crippen LogP contribution is 2.27. The van der Waals surface area contributed by atoms with Crippen LogP contribution in [0.1, 0.15) is 15.9 Å². The van der Waals surface area contributed by atoms with Crippen LogP contribution in [0.5, 0.6) is 0 Å². The summed E-state index contributed by atoms with van der Waals surface area (Å²) in [7, 11) is 0. The predicted octanol–water partition coefficient (Wildman–Crippen LogP) is 1.12. The summed E-state index contributed by atoms with van der Waals surface area (Å²) < 4.78 is 0. The molecule has 0 unspecified atom stereocenters. The Balaban J connectivity index is 1.45. The molecule has 2 N–H and O–H groups in total. The van der Waals surface area contributed by atoms with Crippen molar-refractivity contribution >= 4 is 23.4 Å². The highest BCUT2D eigenvalue weighted by atomic mass is 16.2. The molecule has 6 nitrogen and oxygen atoms in total. The van der Waals surface area contributed by atoms with Crippen LogP contribution in [0.15, 0.2) is 54.6 Å². The fourth-order valence-electron chi connectivity index (χ4n) is 2.78. The van der Waals surface area contributed by atoms with Crippen LogP contribution < -0.4 is 15.5 Å². The van der Waals surface area contributed by atoms with E-state index in [1.807, 2.05) is 30.3 Å². The number of hydrogen-bond donors (Lipinski definition) is 2. The molecular weight excluding hydrogens is 318 g/mol. The maximum atomic E-state index is 12.3. The molecule has 1 aliphatic heterocycles. The van der Waals surface area contributed by atoms with Gasteiger partial charge in [0.15, 0.2) is 0 Å². The van der Waals surface area contributed by atoms with Crippen LogP contribution in [0.3, 0.4) is 0 Å². The molecule has 3 rings (SSSR count). The van der Waals surface area contributed by atoms with Crippen molar-refractivity contribution < 1.29 is 14.4 Å². The number of anilines is 1. The van der Waals surface area contributed by atoms with Crippen LogP contribution in [0.4, 0.5) is 5.69 Å². The van der Waals surface area contributed by atoms with Gasteiger partial charge in [-0.15, -0.1) is 0 Å². The number of carbonyl (C=O) groups is 3. The zero-order chi connectivity index (χ0) is 17.6. The molecule has 0 spiro atoms. The number of fused-ring (bicyclic) bond motifs is 1. The van der Waals surface area contributed by atoms with E-state index < -0.39 is 5.91 Å². The Labute approximate surface area is 145 Å². The second kappa shape index (κ2) is 7.61. The number of benzene rings is 2. The number of carbonyl (C=O) groups excluding carboxylic acids is 3. The van der Waals surface area contributed by atoms with Crippen molar-refractivity contribution in [2.24, 2.45) is 0 Å². The average molecular weight is 337 g/mol. The normalized spacial score (nSPS) is 12.4. The summed E-state index contributed by atoms with van der Waals surface area (Å²) in [5.41, 5.74) is 2.52. The molecule has 0 atom stereocenters. The Kier molecular flexibility index (Phi) is 5.09. The van der Waals surface area contributed by atoms with E-state index in [1.54, 1.807) is 29.2 Å². The third-order valence-electron chi connectivity index (χ3n) is 4.07. The minimum atomic E-state index is -0.398. The lowest BCUT2D eigenvalue weighted by Crippen LogP contribution is -2.43. The summed E-state index contributed by atoms with van der Waals surface area (Å²) in [4.78, 5) is 37.7. The SMILES string of the molecule is O=C(CNC(=O)c1ccccc1)NCC(=O)N1CCc2ccccc21. The number of rotatable bonds is 5. The van der Waals surface area contributed by atoms with Crippen LogP contribution in [0.2, 0.25) is 0 Å². The van der Waals surface area contributed by atoms with Gasteiger partial charge in [-0.3, -0.25) is 14.4 Å². The van der Waals surface area contributed by atoms with Gasteiger partial charge in [0.25, 0.3) is 5.91 Å². The second-order valence-electron chi connectivity index (χ2n) is 5.75. The van der Waals surface area contributed by atoms with Gasteiger partial charge in [-0.05, 0) is 30.2 Å². The third kappa shape index (κ3) is 4.03. The van der Waals surface area contributed by atoms with Crippen LogP contribution in [-0.2, 0) is 16.0 Å². The number of amides is 3. The zero-order valence-electron chi connectivity index (χ0n) is 13.7. The lowest BCUT2D eigenvalue weighted by Gasteiger charge is -2.17. The van der Waals surface area contributed by atoms with Crippen molar-refractivity contribution in [3.05, 3.63) is 65.7 Å². The molecule has 128 valence electrons. The first-order valence-corrected chi connectivity index (χ1v) is 8.13. The van der Waals surface area contributed by atoms with Gasteiger partial charge in [0.1, 0.15) is 0 Å². The minimum Gasteiger partial charge on any atom is -0.345 e. The lowest BCUT2D eigenvalue weighted by atomic mass is 10.2. The number of nitrogens with one attached hydrogen (secondary N) is 2. The standard InChI is InChI=1S/C19H19N3O3/c23-17(12-21-19(25)15-7-2-1-3-8-15)20-13-18(24)22-11-10-14-6-4-5-9-16(14)22/h1-9H,10-13H2,(H,20,23)(H,21,25).